The van der Waals surface area contributed by atoms with Crippen LogP contribution in [0.1, 0.15) is 30.1 Å². The van der Waals surface area contributed by atoms with E-state index in [1.165, 1.54) is 6.07 Å². The lowest BCUT2D eigenvalue weighted by molar-refractivity contribution is 0.191. The van der Waals surface area contributed by atoms with Gasteiger partial charge in [-0.2, -0.15) is 5.21 Å². The molecule has 1 aromatic carbocycles. The lowest BCUT2D eigenvalue weighted by atomic mass is 9.98. The number of carbonyl (C=O) groups excluding carboxylic acids is 1. The zero-order valence-electron chi connectivity index (χ0n) is 12.2. The maximum atomic E-state index is 13.5. The quantitative estimate of drug-likeness (QED) is 0.889. The second-order valence-corrected chi connectivity index (χ2v) is 5.40. The summed E-state index contributed by atoms with van der Waals surface area (Å²) in [4.78, 5) is 14.1. The summed E-state index contributed by atoms with van der Waals surface area (Å²) in [6.07, 6.45) is 1.79. The van der Waals surface area contributed by atoms with Crippen LogP contribution in [0.3, 0.4) is 0 Å². The van der Waals surface area contributed by atoms with Crippen LogP contribution in [-0.4, -0.2) is 44.6 Å². The van der Waals surface area contributed by atoms with Crippen LogP contribution >= 0.6 is 0 Å². The molecule has 116 valence electrons. The van der Waals surface area contributed by atoms with Crippen LogP contribution in [0.15, 0.2) is 18.2 Å². The Labute approximate surface area is 126 Å². The van der Waals surface area contributed by atoms with Gasteiger partial charge in [0, 0.05) is 30.3 Å². The van der Waals surface area contributed by atoms with E-state index >= 15 is 0 Å². The highest BCUT2D eigenvalue weighted by Crippen LogP contribution is 2.25. The Balaban J connectivity index is 1.68. The summed E-state index contributed by atoms with van der Waals surface area (Å²) in [5, 5.41) is 16.7. The van der Waals surface area contributed by atoms with E-state index in [9.17, 15) is 9.18 Å². The minimum Gasteiger partial charge on any atom is -0.324 e. The van der Waals surface area contributed by atoms with Crippen LogP contribution in [0.5, 0.6) is 0 Å². The number of nitrogens with zero attached hydrogens (tertiary/aromatic N) is 4. The number of hydrogen-bond donors (Lipinski definition) is 2. The highest BCUT2D eigenvalue weighted by Gasteiger charge is 2.27. The van der Waals surface area contributed by atoms with Gasteiger partial charge in [-0.25, -0.2) is 9.18 Å². The minimum atomic E-state index is -0.332. The van der Waals surface area contributed by atoms with Crippen LogP contribution in [0.4, 0.5) is 14.9 Å². The zero-order chi connectivity index (χ0) is 15.5. The molecule has 1 aliphatic heterocycles. The van der Waals surface area contributed by atoms with Crippen molar-refractivity contribution in [2.45, 2.75) is 25.7 Å². The van der Waals surface area contributed by atoms with Gasteiger partial charge in [0.1, 0.15) is 5.82 Å². The van der Waals surface area contributed by atoms with E-state index in [4.69, 9.17) is 0 Å². The number of nitrogens with one attached hydrogen (secondary N) is 2. The van der Waals surface area contributed by atoms with Gasteiger partial charge in [0.25, 0.3) is 0 Å². The Hall–Kier alpha value is -2.51. The lowest BCUT2D eigenvalue weighted by Gasteiger charge is -2.31. The number of H-pyrrole nitrogens is 1. The second-order valence-electron chi connectivity index (χ2n) is 5.40. The van der Waals surface area contributed by atoms with Crippen LogP contribution in [0.2, 0.25) is 0 Å². The summed E-state index contributed by atoms with van der Waals surface area (Å²) in [5.74, 6) is 0.368. The Morgan fingerprint density at radius 2 is 2.36 bits per heavy atom. The number of rotatable bonds is 2. The number of piperidine rings is 1. The molecule has 1 fully saturated rings. The molecular weight excluding hydrogens is 287 g/mol. The molecule has 8 heteroatoms. The molecule has 7 nitrogen and oxygen atoms in total. The van der Waals surface area contributed by atoms with Crippen molar-refractivity contribution in [3.8, 4) is 0 Å². The lowest BCUT2D eigenvalue weighted by Crippen LogP contribution is -2.42. The number of benzene rings is 1. The molecule has 1 aromatic heterocycles. The molecule has 0 radical (unpaired) electrons. The number of aromatic nitrogens is 4. The van der Waals surface area contributed by atoms with Gasteiger partial charge in [-0.3, -0.25) is 0 Å². The standard InChI is InChI=1S/C14H17FN6O/c1-9-11(15)5-2-6-12(9)16-14(22)21-7-3-4-10(8-21)13-17-19-20-18-13/h2,5-6,10H,3-4,7-8H2,1H3,(H,16,22)(H,17,18,19,20). The molecular formula is C14H17FN6O. The van der Waals surface area contributed by atoms with Crippen molar-refractivity contribution in [3.05, 3.63) is 35.4 Å². The molecule has 0 bridgehead atoms. The first kappa shape index (κ1) is 14.4. The van der Waals surface area contributed by atoms with Gasteiger partial charge in [0.2, 0.25) is 0 Å². The van der Waals surface area contributed by atoms with E-state index in [0.717, 1.165) is 12.8 Å². The van der Waals surface area contributed by atoms with Gasteiger partial charge >= 0.3 is 6.03 Å². The SMILES string of the molecule is Cc1c(F)cccc1NC(=O)N1CCCC(c2nn[nH]n2)C1. The summed E-state index contributed by atoms with van der Waals surface area (Å²) in [5.41, 5.74) is 0.925. The van der Waals surface area contributed by atoms with E-state index in [2.05, 4.69) is 25.9 Å². The van der Waals surface area contributed by atoms with E-state index in [-0.39, 0.29) is 17.8 Å². The zero-order valence-corrected chi connectivity index (χ0v) is 12.2. The van der Waals surface area contributed by atoms with Crippen molar-refractivity contribution in [3.63, 3.8) is 0 Å². The minimum absolute atomic E-state index is 0.0758. The van der Waals surface area contributed by atoms with E-state index in [1.54, 1.807) is 24.0 Å². The molecule has 1 saturated heterocycles. The second kappa shape index (κ2) is 6.08. The number of aromatic amines is 1. The van der Waals surface area contributed by atoms with Gasteiger partial charge < -0.3 is 10.2 Å². The maximum absolute atomic E-state index is 13.5. The molecule has 0 aliphatic carbocycles. The topological polar surface area (TPSA) is 86.8 Å². The third kappa shape index (κ3) is 2.90. The number of anilines is 1. The largest absolute Gasteiger partial charge is 0.324 e. The molecule has 0 spiro atoms. The van der Waals surface area contributed by atoms with E-state index < -0.39 is 0 Å². The first-order chi connectivity index (χ1) is 10.6. The summed E-state index contributed by atoms with van der Waals surface area (Å²) >= 11 is 0. The first-order valence-corrected chi connectivity index (χ1v) is 7.19. The predicted octanol–water partition coefficient (Wildman–Crippen LogP) is 2.06. The highest BCUT2D eigenvalue weighted by molar-refractivity contribution is 5.90. The fourth-order valence-electron chi connectivity index (χ4n) is 2.65. The molecule has 3 rings (SSSR count). The molecule has 22 heavy (non-hydrogen) atoms. The van der Waals surface area contributed by atoms with Crippen molar-refractivity contribution in [1.29, 1.82) is 0 Å². The number of urea groups is 1. The average molecular weight is 304 g/mol. The van der Waals surface area contributed by atoms with Crippen LogP contribution in [0.25, 0.3) is 0 Å². The van der Waals surface area contributed by atoms with Crippen LogP contribution in [0, 0.1) is 12.7 Å². The van der Waals surface area contributed by atoms with Crippen molar-refractivity contribution < 1.29 is 9.18 Å². The molecule has 2 heterocycles. The number of likely N-dealkylation sites (tertiary alicyclic amines) is 1. The molecule has 2 amide bonds. The van der Waals surface area contributed by atoms with Gasteiger partial charge in [-0.05, 0) is 31.9 Å². The summed E-state index contributed by atoms with van der Waals surface area (Å²) in [7, 11) is 0. The van der Waals surface area contributed by atoms with E-state index in [0.29, 0.717) is 30.2 Å². The van der Waals surface area contributed by atoms with Crippen molar-refractivity contribution in [1.82, 2.24) is 25.5 Å². The Morgan fingerprint density at radius 1 is 1.50 bits per heavy atom. The smallest absolute Gasteiger partial charge is 0.321 e. The van der Waals surface area contributed by atoms with Gasteiger partial charge in [0.15, 0.2) is 5.82 Å². The Morgan fingerprint density at radius 3 is 3.14 bits per heavy atom. The number of halogens is 1. The van der Waals surface area contributed by atoms with Crippen molar-refractivity contribution in [2.75, 3.05) is 18.4 Å². The third-order valence-electron chi connectivity index (χ3n) is 3.94. The maximum Gasteiger partial charge on any atom is 0.321 e. The monoisotopic (exact) mass is 304 g/mol. The first-order valence-electron chi connectivity index (χ1n) is 7.19. The van der Waals surface area contributed by atoms with Crippen LogP contribution < -0.4 is 5.32 Å². The molecule has 0 saturated carbocycles. The molecule has 1 unspecified atom stereocenters. The average Bonchev–Trinajstić information content (AvgIpc) is 3.06. The van der Waals surface area contributed by atoms with Crippen molar-refractivity contribution in [2.24, 2.45) is 0 Å². The highest BCUT2D eigenvalue weighted by atomic mass is 19.1. The fourth-order valence-corrected chi connectivity index (χ4v) is 2.65. The van der Waals surface area contributed by atoms with Gasteiger partial charge in [0.05, 0.1) is 0 Å². The summed E-state index contributed by atoms with van der Waals surface area (Å²) < 4.78 is 13.5. The summed E-state index contributed by atoms with van der Waals surface area (Å²) in [6, 6.07) is 4.41. The van der Waals surface area contributed by atoms with Crippen molar-refractivity contribution >= 4 is 11.7 Å². The van der Waals surface area contributed by atoms with Gasteiger partial charge in [-0.1, -0.05) is 11.3 Å². The number of tetrazole rings is 1. The number of carbonyl (C=O) groups is 1. The Bertz CT molecular complexity index is 659. The Kier molecular flexibility index (Phi) is 3.99. The molecule has 1 atom stereocenters. The molecule has 2 aromatic rings. The molecule has 1 aliphatic rings. The third-order valence-corrected chi connectivity index (χ3v) is 3.94. The van der Waals surface area contributed by atoms with E-state index in [1.807, 2.05) is 0 Å². The van der Waals surface area contributed by atoms with Crippen LogP contribution in [-0.2, 0) is 0 Å². The fraction of sp³-hybridized carbons (Fsp3) is 0.429. The normalized spacial score (nSPS) is 18.3. The molecule has 2 N–H and O–H groups in total. The van der Waals surface area contributed by atoms with Gasteiger partial charge in [-0.15, -0.1) is 10.2 Å². The number of hydrogen-bond acceptors (Lipinski definition) is 4. The summed E-state index contributed by atoms with van der Waals surface area (Å²) in [6.45, 7) is 2.83. The predicted molar refractivity (Wildman–Crippen MR) is 77.9 cm³/mol. The number of amides is 2.